The van der Waals surface area contributed by atoms with E-state index in [1.54, 1.807) is 0 Å². The summed E-state index contributed by atoms with van der Waals surface area (Å²) in [5, 5.41) is 6.07. The Morgan fingerprint density at radius 3 is 3.08 bits per heavy atom. The molecule has 1 aromatic carbocycles. The number of fused-ring (bicyclic) bond motifs is 3. The number of para-hydroxylation sites is 1. The molecular weight excluding hydrogens is 342 g/mol. The average molecular weight is 368 g/mol. The Morgan fingerprint density at radius 1 is 1.31 bits per heavy atom. The van der Waals surface area contributed by atoms with Gasteiger partial charge in [-0.3, -0.25) is 0 Å². The summed E-state index contributed by atoms with van der Waals surface area (Å²) in [6.07, 6.45) is 8.37. The summed E-state index contributed by atoms with van der Waals surface area (Å²) in [6, 6.07) is 9.07. The molecule has 4 atom stereocenters. The van der Waals surface area contributed by atoms with Crippen LogP contribution in [0.4, 0.5) is 5.69 Å². The molecule has 2 aromatic rings. The van der Waals surface area contributed by atoms with Crippen molar-refractivity contribution in [3.05, 3.63) is 57.8 Å². The van der Waals surface area contributed by atoms with E-state index in [1.165, 1.54) is 21.7 Å². The molecule has 0 spiro atoms. The van der Waals surface area contributed by atoms with Crippen LogP contribution in [0.25, 0.3) is 0 Å². The van der Waals surface area contributed by atoms with E-state index in [4.69, 9.17) is 9.47 Å². The molecule has 1 aromatic heterocycles. The van der Waals surface area contributed by atoms with E-state index in [9.17, 15) is 0 Å². The summed E-state index contributed by atoms with van der Waals surface area (Å²) in [5.74, 6) is 2.04. The molecule has 0 radical (unpaired) electrons. The number of ether oxygens (including phenoxy) is 2. The van der Waals surface area contributed by atoms with Gasteiger partial charge in [0.15, 0.2) is 0 Å². The van der Waals surface area contributed by atoms with Gasteiger partial charge in [-0.25, -0.2) is 0 Å². The van der Waals surface area contributed by atoms with Crippen molar-refractivity contribution in [2.24, 2.45) is 5.92 Å². The molecule has 5 rings (SSSR count). The van der Waals surface area contributed by atoms with Crippen molar-refractivity contribution < 1.29 is 9.47 Å². The monoisotopic (exact) mass is 367 g/mol. The lowest BCUT2D eigenvalue weighted by Gasteiger charge is -2.38. The fourth-order valence-electron chi connectivity index (χ4n) is 4.63. The number of thiophene rings is 1. The molecule has 4 heteroatoms. The maximum atomic E-state index is 6.22. The molecule has 1 fully saturated rings. The quantitative estimate of drug-likeness (QED) is 0.730. The minimum atomic E-state index is 0.240. The number of aryl methyl sites for hydroxylation is 1. The number of nitrogens with one attached hydrogen (secondary N) is 1. The molecule has 0 saturated carbocycles. The maximum absolute atomic E-state index is 6.22. The first-order chi connectivity index (χ1) is 12.8. The zero-order chi connectivity index (χ0) is 17.5. The van der Waals surface area contributed by atoms with Gasteiger partial charge < -0.3 is 14.8 Å². The SMILES string of the molecule is Cc1ccsc1C1Nc2c(OCC3CCCO3)cccc2C2C=CCC21. The van der Waals surface area contributed by atoms with E-state index in [0.29, 0.717) is 24.5 Å². The first kappa shape index (κ1) is 16.4. The number of benzene rings is 1. The summed E-state index contributed by atoms with van der Waals surface area (Å²) in [7, 11) is 0. The van der Waals surface area contributed by atoms with E-state index < -0.39 is 0 Å². The smallest absolute Gasteiger partial charge is 0.142 e. The van der Waals surface area contributed by atoms with Crippen molar-refractivity contribution in [1.82, 2.24) is 0 Å². The van der Waals surface area contributed by atoms with Crippen molar-refractivity contribution >= 4 is 17.0 Å². The predicted octanol–water partition coefficient (Wildman–Crippen LogP) is 5.44. The Balaban J connectivity index is 1.48. The van der Waals surface area contributed by atoms with Crippen LogP contribution in [0.15, 0.2) is 41.8 Å². The van der Waals surface area contributed by atoms with Crippen LogP contribution in [0.1, 0.15) is 47.2 Å². The zero-order valence-electron chi connectivity index (χ0n) is 15.1. The second kappa shape index (κ2) is 6.75. The summed E-state index contributed by atoms with van der Waals surface area (Å²) in [5.41, 5.74) is 3.94. The lowest BCUT2D eigenvalue weighted by molar-refractivity contribution is 0.0681. The third-order valence-corrected chi connectivity index (χ3v) is 7.09. The number of allylic oxidation sites excluding steroid dienone is 2. The van der Waals surface area contributed by atoms with E-state index in [0.717, 1.165) is 31.6 Å². The van der Waals surface area contributed by atoms with Gasteiger partial charge >= 0.3 is 0 Å². The standard InChI is InChI=1S/C22H25NO2S/c1-14-10-12-26-22(14)21-18-7-2-6-16(18)17-8-3-9-19(20(17)23-21)25-13-15-5-4-11-24-15/h2-3,6,8-10,12,15-16,18,21,23H,4-5,7,11,13H2,1H3. The highest BCUT2D eigenvalue weighted by Crippen LogP contribution is 2.53. The predicted molar refractivity (Wildman–Crippen MR) is 106 cm³/mol. The number of anilines is 1. The second-order valence-corrected chi connectivity index (χ2v) is 8.56. The molecule has 136 valence electrons. The van der Waals surface area contributed by atoms with Gasteiger partial charge in [0.25, 0.3) is 0 Å². The summed E-state index contributed by atoms with van der Waals surface area (Å²) in [4.78, 5) is 1.46. The van der Waals surface area contributed by atoms with Crippen LogP contribution in [-0.4, -0.2) is 19.3 Å². The van der Waals surface area contributed by atoms with Gasteiger partial charge in [0.1, 0.15) is 12.4 Å². The Bertz CT molecular complexity index is 821. The molecule has 26 heavy (non-hydrogen) atoms. The average Bonchev–Trinajstić information content (AvgIpc) is 3.41. The van der Waals surface area contributed by atoms with Gasteiger partial charge in [-0.1, -0.05) is 24.3 Å². The molecule has 1 N–H and O–H groups in total. The molecule has 3 aliphatic rings. The highest BCUT2D eigenvalue weighted by Gasteiger charge is 2.40. The Hall–Kier alpha value is -1.78. The largest absolute Gasteiger partial charge is 0.489 e. The van der Waals surface area contributed by atoms with Crippen LogP contribution in [0.3, 0.4) is 0 Å². The van der Waals surface area contributed by atoms with Crippen molar-refractivity contribution in [3.63, 3.8) is 0 Å². The molecule has 1 aliphatic carbocycles. The van der Waals surface area contributed by atoms with Gasteiger partial charge in [0.05, 0.1) is 17.8 Å². The molecule has 0 amide bonds. The van der Waals surface area contributed by atoms with E-state index in [1.807, 2.05) is 11.3 Å². The normalized spacial score (nSPS) is 29.3. The number of rotatable bonds is 4. The Labute approximate surface area is 159 Å². The van der Waals surface area contributed by atoms with Gasteiger partial charge in [-0.15, -0.1) is 11.3 Å². The summed E-state index contributed by atoms with van der Waals surface area (Å²) in [6.45, 7) is 3.73. The lowest BCUT2D eigenvalue weighted by Crippen LogP contribution is -2.29. The van der Waals surface area contributed by atoms with Crippen LogP contribution in [0.5, 0.6) is 5.75 Å². The summed E-state index contributed by atoms with van der Waals surface area (Å²) < 4.78 is 12.0. The minimum Gasteiger partial charge on any atom is -0.489 e. The summed E-state index contributed by atoms with van der Waals surface area (Å²) >= 11 is 1.87. The molecule has 3 heterocycles. The second-order valence-electron chi connectivity index (χ2n) is 7.61. The molecule has 0 bridgehead atoms. The van der Waals surface area contributed by atoms with Crippen LogP contribution in [-0.2, 0) is 4.74 Å². The van der Waals surface area contributed by atoms with Crippen molar-refractivity contribution in [3.8, 4) is 5.75 Å². The van der Waals surface area contributed by atoms with Crippen molar-refractivity contribution in [2.75, 3.05) is 18.5 Å². The minimum absolute atomic E-state index is 0.240. The maximum Gasteiger partial charge on any atom is 0.142 e. The number of hydrogen-bond acceptors (Lipinski definition) is 4. The first-order valence-electron chi connectivity index (χ1n) is 9.66. The Kier molecular flexibility index (Phi) is 4.26. The third-order valence-electron chi connectivity index (χ3n) is 5.99. The van der Waals surface area contributed by atoms with E-state index in [-0.39, 0.29) is 6.10 Å². The van der Waals surface area contributed by atoms with Crippen LogP contribution < -0.4 is 10.1 Å². The highest BCUT2D eigenvalue weighted by molar-refractivity contribution is 7.10. The van der Waals surface area contributed by atoms with Gasteiger partial charge in [0.2, 0.25) is 0 Å². The molecular formula is C22H25NO2S. The highest BCUT2D eigenvalue weighted by atomic mass is 32.1. The third kappa shape index (κ3) is 2.76. The number of hydrogen-bond donors (Lipinski definition) is 1. The zero-order valence-corrected chi connectivity index (χ0v) is 15.9. The first-order valence-corrected chi connectivity index (χ1v) is 10.5. The Morgan fingerprint density at radius 2 is 2.27 bits per heavy atom. The van der Waals surface area contributed by atoms with Crippen molar-refractivity contribution in [1.29, 1.82) is 0 Å². The fraction of sp³-hybridized carbons (Fsp3) is 0.455. The van der Waals surface area contributed by atoms with Crippen molar-refractivity contribution in [2.45, 2.75) is 44.2 Å². The molecule has 2 aliphatic heterocycles. The molecule has 3 nitrogen and oxygen atoms in total. The lowest BCUT2D eigenvalue weighted by atomic mass is 9.78. The fourth-order valence-corrected chi connectivity index (χ4v) is 5.69. The van der Waals surface area contributed by atoms with Crippen LogP contribution in [0, 0.1) is 12.8 Å². The van der Waals surface area contributed by atoms with Crippen LogP contribution in [0.2, 0.25) is 0 Å². The molecule has 4 unspecified atom stereocenters. The van der Waals surface area contributed by atoms with Gasteiger partial charge in [0, 0.05) is 17.4 Å². The van der Waals surface area contributed by atoms with Crippen LogP contribution >= 0.6 is 11.3 Å². The molecule has 1 saturated heterocycles. The van der Waals surface area contributed by atoms with Gasteiger partial charge in [-0.2, -0.15) is 0 Å². The van der Waals surface area contributed by atoms with E-state index >= 15 is 0 Å². The topological polar surface area (TPSA) is 30.5 Å². The van der Waals surface area contributed by atoms with E-state index in [2.05, 4.69) is 54.0 Å². The van der Waals surface area contributed by atoms with Gasteiger partial charge in [-0.05, 0) is 60.7 Å².